The number of rotatable bonds is 3. The predicted molar refractivity (Wildman–Crippen MR) is 47.5 cm³/mol. The molecule has 1 rings (SSSR count). The van der Waals surface area contributed by atoms with Crippen molar-refractivity contribution in [2.24, 2.45) is 5.73 Å². The van der Waals surface area contributed by atoms with E-state index in [4.69, 9.17) is 5.73 Å². The third-order valence-corrected chi connectivity index (χ3v) is 3.77. The molecule has 0 aromatic heterocycles. The Morgan fingerprint density at radius 2 is 2.15 bits per heavy atom. The van der Waals surface area contributed by atoms with Crippen molar-refractivity contribution in [2.75, 3.05) is 18.8 Å². The molecule has 1 heterocycles. The minimum atomic E-state index is -3.09. The number of urea groups is 1. The highest BCUT2D eigenvalue weighted by Crippen LogP contribution is 2.13. The maximum Gasteiger partial charge on any atom is 0.312 e. The van der Waals surface area contributed by atoms with Crippen LogP contribution in [0.25, 0.3) is 0 Å². The fraction of sp³-hybridized carbons (Fsp3) is 0.833. The lowest BCUT2D eigenvalue weighted by Gasteiger charge is -2.37. The third-order valence-electron chi connectivity index (χ3n) is 1.95. The summed E-state index contributed by atoms with van der Waals surface area (Å²) in [5, 5.41) is 2.44. The van der Waals surface area contributed by atoms with Gasteiger partial charge in [0.25, 0.3) is 0 Å². The van der Waals surface area contributed by atoms with Crippen LogP contribution in [0.1, 0.15) is 6.92 Å². The van der Waals surface area contributed by atoms with Gasteiger partial charge < -0.3 is 11.1 Å². The average Bonchev–Trinajstić information content (AvgIpc) is 1.95. The minimum absolute atomic E-state index is 0.0935. The molecule has 0 atom stereocenters. The summed E-state index contributed by atoms with van der Waals surface area (Å²) in [7, 11) is -3.09. The number of carbonyl (C=O) groups is 1. The van der Waals surface area contributed by atoms with Crippen molar-refractivity contribution in [3.8, 4) is 0 Å². The van der Waals surface area contributed by atoms with E-state index >= 15 is 0 Å². The zero-order chi connectivity index (χ0) is 10.1. The molecule has 0 aromatic rings. The first-order valence-electron chi connectivity index (χ1n) is 3.99. The molecule has 3 N–H and O–H groups in total. The van der Waals surface area contributed by atoms with Crippen molar-refractivity contribution in [1.29, 1.82) is 0 Å². The van der Waals surface area contributed by atoms with Crippen molar-refractivity contribution >= 4 is 16.1 Å². The molecule has 1 saturated heterocycles. The van der Waals surface area contributed by atoms with Crippen LogP contribution in [0.3, 0.4) is 0 Å². The lowest BCUT2D eigenvalue weighted by Crippen LogP contribution is -2.61. The van der Waals surface area contributed by atoms with Gasteiger partial charge in [-0.15, -0.1) is 0 Å². The summed E-state index contributed by atoms with van der Waals surface area (Å²) >= 11 is 0. The number of nitrogens with zero attached hydrogens (tertiary/aromatic N) is 1. The highest BCUT2D eigenvalue weighted by Gasteiger charge is 2.34. The number of primary amides is 1. The fourth-order valence-corrected chi connectivity index (χ4v) is 2.32. The average molecular weight is 207 g/mol. The van der Waals surface area contributed by atoms with Gasteiger partial charge >= 0.3 is 6.03 Å². The number of sulfonamides is 1. The van der Waals surface area contributed by atoms with Gasteiger partial charge in [0.1, 0.15) is 0 Å². The smallest absolute Gasteiger partial charge is 0.312 e. The number of hydrogen-bond donors (Lipinski definition) is 2. The minimum Gasteiger partial charge on any atom is -0.352 e. The molecule has 6 nitrogen and oxygen atoms in total. The Morgan fingerprint density at radius 1 is 1.62 bits per heavy atom. The predicted octanol–water partition coefficient (Wildman–Crippen LogP) is -1.31. The van der Waals surface area contributed by atoms with Crippen LogP contribution in [0, 0.1) is 0 Å². The maximum atomic E-state index is 11.2. The van der Waals surface area contributed by atoms with Crippen LogP contribution in [-0.2, 0) is 10.0 Å². The number of carbonyl (C=O) groups excluding carboxylic acids is 1. The number of amides is 2. The first-order chi connectivity index (χ1) is 5.95. The zero-order valence-electron chi connectivity index (χ0n) is 7.36. The summed E-state index contributed by atoms with van der Waals surface area (Å²) in [5.74, 6) is 0.0935. The van der Waals surface area contributed by atoms with E-state index in [1.165, 1.54) is 4.31 Å². The lowest BCUT2D eigenvalue weighted by atomic mass is 10.2. The molecular weight excluding hydrogens is 194 g/mol. The van der Waals surface area contributed by atoms with E-state index < -0.39 is 16.1 Å². The van der Waals surface area contributed by atoms with E-state index in [0.29, 0.717) is 13.1 Å². The molecule has 1 aliphatic rings. The number of nitrogens with two attached hydrogens (primary N) is 1. The van der Waals surface area contributed by atoms with Gasteiger partial charge in [0, 0.05) is 13.1 Å². The van der Waals surface area contributed by atoms with E-state index in [0.717, 1.165) is 0 Å². The van der Waals surface area contributed by atoms with Crippen molar-refractivity contribution in [2.45, 2.75) is 13.0 Å². The second-order valence-corrected chi connectivity index (χ2v) is 5.18. The van der Waals surface area contributed by atoms with Crippen molar-refractivity contribution in [3.05, 3.63) is 0 Å². The highest BCUT2D eigenvalue weighted by molar-refractivity contribution is 7.89. The molecule has 0 aliphatic carbocycles. The molecule has 0 spiro atoms. The fourth-order valence-electron chi connectivity index (χ4n) is 1.14. The van der Waals surface area contributed by atoms with Crippen LogP contribution in [-0.4, -0.2) is 43.6 Å². The van der Waals surface area contributed by atoms with Crippen LogP contribution in [0.2, 0.25) is 0 Å². The maximum absolute atomic E-state index is 11.2. The van der Waals surface area contributed by atoms with E-state index in [-0.39, 0.29) is 11.8 Å². The van der Waals surface area contributed by atoms with Gasteiger partial charge in [0.2, 0.25) is 10.0 Å². The molecule has 7 heteroatoms. The summed E-state index contributed by atoms with van der Waals surface area (Å²) in [5.41, 5.74) is 4.87. The molecule has 2 amide bonds. The Balaban J connectivity index is 2.38. The number of nitrogens with one attached hydrogen (secondary N) is 1. The Labute approximate surface area is 77.1 Å². The second-order valence-electron chi connectivity index (χ2n) is 2.92. The van der Waals surface area contributed by atoms with E-state index in [9.17, 15) is 13.2 Å². The van der Waals surface area contributed by atoms with E-state index in [1.807, 2.05) is 0 Å². The Hall–Kier alpha value is -0.820. The molecule has 1 fully saturated rings. The van der Waals surface area contributed by atoms with Crippen LogP contribution in [0.15, 0.2) is 0 Å². The SMILES string of the molecule is CCS(=O)(=O)N1CC(NC(N)=O)C1. The molecular formula is C6H13N3O3S. The lowest BCUT2D eigenvalue weighted by molar-refractivity contribution is 0.211. The van der Waals surface area contributed by atoms with Crippen LogP contribution >= 0.6 is 0 Å². The van der Waals surface area contributed by atoms with Crippen molar-refractivity contribution < 1.29 is 13.2 Å². The summed E-state index contributed by atoms with van der Waals surface area (Å²) in [6, 6.07) is -0.739. The van der Waals surface area contributed by atoms with Gasteiger partial charge in [-0.05, 0) is 6.92 Å². The molecule has 0 saturated carbocycles. The topological polar surface area (TPSA) is 92.5 Å². The van der Waals surface area contributed by atoms with E-state index in [1.54, 1.807) is 6.92 Å². The quantitative estimate of drug-likeness (QED) is 0.601. The van der Waals surface area contributed by atoms with Crippen molar-refractivity contribution in [3.63, 3.8) is 0 Å². The Morgan fingerprint density at radius 3 is 2.54 bits per heavy atom. The normalized spacial score (nSPS) is 19.5. The largest absolute Gasteiger partial charge is 0.352 e. The Bertz CT molecular complexity index is 294. The second kappa shape index (κ2) is 3.51. The summed E-state index contributed by atoms with van der Waals surface area (Å²) in [4.78, 5) is 10.4. The third kappa shape index (κ3) is 2.31. The summed E-state index contributed by atoms with van der Waals surface area (Å²) in [6.07, 6.45) is 0. The number of hydrogen-bond acceptors (Lipinski definition) is 3. The van der Waals surface area contributed by atoms with Gasteiger partial charge in [-0.25, -0.2) is 13.2 Å². The summed E-state index contributed by atoms with van der Waals surface area (Å²) < 4.78 is 23.7. The standard InChI is InChI=1S/C6H13N3O3S/c1-2-13(11,12)9-3-5(4-9)8-6(7)10/h5H,2-4H2,1H3,(H3,7,8,10). The van der Waals surface area contributed by atoms with Crippen LogP contribution in [0.5, 0.6) is 0 Å². The van der Waals surface area contributed by atoms with Gasteiger partial charge in [0.05, 0.1) is 11.8 Å². The monoisotopic (exact) mass is 207 g/mol. The van der Waals surface area contributed by atoms with E-state index in [2.05, 4.69) is 5.32 Å². The first kappa shape index (κ1) is 10.3. The van der Waals surface area contributed by atoms with Crippen molar-refractivity contribution in [1.82, 2.24) is 9.62 Å². The molecule has 0 unspecified atom stereocenters. The first-order valence-corrected chi connectivity index (χ1v) is 5.60. The molecule has 0 radical (unpaired) electrons. The zero-order valence-corrected chi connectivity index (χ0v) is 8.17. The molecule has 13 heavy (non-hydrogen) atoms. The summed E-state index contributed by atoms with van der Waals surface area (Å²) in [6.45, 7) is 2.25. The van der Waals surface area contributed by atoms with Gasteiger partial charge in [0.15, 0.2) is 0 Å². The molecule has 0 aromatic carbocycles. The van der Waals surface area contributed by atoms with Gasteiger partial charge in [-0.1, -0.05) is 0 Å². The highest BCUT2D eigenvalue weighted by atomic mass is 32.2. The Kier molecular flexibility index (Phi) is 2.77. The molecule has 1 aliphatic heterocycles. The van der Waals surface area contributed by atoms with Gasteiger partial charge in [-0.3, -0.25) is 0 Å². The van der Waals surface area contributed by atoms with Crippen LogP contribution in [0.4, 0.5) is 4.79 Å². The van der Waals surface area contributed by atoms with Gasteiger partial charge in [-0.2, -0.15) is 4.31 Å². The molecule has 0 bridgehead atoms. The molecule has 76 valence electrons. The van der Waals surface area contributed by atoms with Crippen LogP contribution < -0.4 is 11.1 Å².